The minimum atomic E-state index is -0.149. The van der Waals surface area contributed by atoms with Crippen molar-refractivity contribution in [3.05, 3.63) is 35.6 Å². The van der Waals surface area contributed by atoms with E-state index in [9.17, 15) is 4.39 Å². The normalized spacial score (nSPS) is 12.8. The van der Waals surface area contributed by atoms with E-state index in [-0.39, 0.29) is 11.9 Å². The van der Waals surface area contributed by atoms with Crippen LogP contribution in [0.4, 0.5) is 4.39 Å². The molecule has 0 aliphatic heterocycles. The third kappa shape index (κ3) is 2.71. The van der Waals surface area contributed by atoms with Crippen molar-refractivity contribution in [3.8, 4) is 0 Å². The summed E-state index contributed by atoms with van der Waals surface area (Å²) in [5.41, 5.74) is 0.721. The fourth-order valence-electron chi connectivity index (χ4n) is 1.34. The van der Waals surface area contributed by atoms with E-state index in [1.54, 1.807) is 12.1 Å². The van der Waals surface area contributed by atoms with Crippen LogP contribution in [0, 0.1) is 5.82 Å². The van der Waals surface area contributed by atoms with Crippen molar-refractivity contribution in [2.24, 2.45) is 0 Å². The molecule has 3 heteroatoms. The molecule has 0 aromatic heterocycles. The monoisotopic (exact) mass is 199 g/mol. The van der Waals surface area contributed by atoms with E-state index in [0.717, 1.165) is 17.7 Å². The largest absolute Gasteiger partial charge is 0.313 e. The lowest BCUT2D eigenvalue weighted by molar-refractivity contribution is 0.528. The molecule has 1 rings (SSSR count). The molecule has 0 saturated carbocycles. The lowest BCUT2D eigenvalue weighted by Gasteiger charge is -2.15. The summed E-state index contributed by atoms with van der Waals surface area (Å²) in [6.45, 7) is 0. The molecule has 0 fully saturated rings. The summed E-state index contributed by atoms with van der Waals surface area (Å²) < 4.78 is 13.3. The Balaban J connectivity index is 2.84. The first-order valence-corrected chi connectivity index (χ1v) is 4.95. The third-order valence-electron chi connectivity index (χ3n) is 2.05. The maximum absolute atomic E-state index is 13.3. The van der Waals surface area contributed by atoms with Crippen molar-refractivity contribution in [2.75, 3.05) is 12.8 Å². The van der Waals surface area contributed by atoms with Crippen molar-refractivity contribution < 1.29 is 4.39 Å². The molecule has 0 bridgehead atoms. The number of hydrogen-bond acceptors (Lipinski definition) is 2. The van der Waals surface area contributed by atoms with Gasteiger partial charge in [0, 0.05) is 11.6 Å². The van der Waals surface area contributed by atoms with E-state index >= 15 is 0 Å². The lowest BCUT2D eigenvalue weighted by atomic mass is 10.0. The van der Waals surface area contributed by atoms with Gasteiger partial charge in [-0.1, -0.05) is 18.2 Å². The Morgan fingerprint density at radius 3 is 2.69 bits per heavy atom. The van der Waals surface area contributed by atoms with Gasteiger partial charge in [0.05, 0.1) is 0 Å². The molecule has 1 aromatic carbocycles. The highest BCUT2D eigenvalue weighted by Crippen LogP contribution is 2.19. The summed E-state index contributed by atoms with van der Waals surface area (Å²) in [4.78, 5) is 0. The molecule has 1 N–H and O–H groups in total. The van der Waals surface area contributed by atoms with Crippen LogP contribution in [-0.4, -0.2) is 12.8 Å². The lowest BCUT2D eigenvalue weighted by Crippen LogP contribution is -2.18. The van der Waals surface area contributed by atoms with Gasteiger partial charge in [-0.2, -0.15) is 12.6 Å². The third-order valence-corrected chi connectivity index (χ3v) is 2.31. The molecule has 0 saturated heterocycles. The highest BCUT2D eigenvalue weighted by atomic mass is 32.1. The van der Waals surface area contributed by atoms with Crippen molar-refractivity contribution in [2.45, 2.75) is 12.5 Å². The molecule has 1 unspecified atom stereocenters. The van der Waals surface area contributed by atoms with Crippen LogP contribution in [0.2, 0.25) is 0 Å². The van der Waals surface area contributed by atoms with Crippen LogP contribution in [0.1, 0.15) is 18.0 Å². The zero-order valence-corrected chi connectivity index (χ0v) is 8.52. The summed E-state index contributed by atoms with van der Waals surface area (Å²) in [6.07, 6.45) is 0.834. The van der Waals surface area contributed by atoms with E-state index in [0.29, 0.717) is 0 Å². The maximum atomic E-state index is 13.3. The topological polar surface area (TPSA) is 12.0 Å². The van der Waals surface area contributed by atoms with E-state index in [2.05, 4.69) is 17.9 Å². The van der Waals surface area contributed by atoms with Gasteiger partial charge in [-0.3, -0.25) is 0 Å². The van der Waals surface area contributed by atoms with E-state index in [4.69, 9.17) is 0 Å². The summed E-state index contributed by atoms with van der Waals surface area (Å²) in [5, 5.41) is 3.07. The molecule has 13 heavy (non-hydrogen) atoms. The summed E-state index contributed by atoms with van der Waals surface area (Å²) in [7, 11) is 1.83. The van der Waals surface area contributed by atoms with Crippen LogP contribution in [0.5, 0.6) is 0 Å². The van der Waals surface area contributed by atoms with Gasteiger partial charge in [0.1, 0.15) is 5.82 Å². The summed E-state index contributed by atoms with van der Waals surface area (Å²) in [6, 6.07) is 6.91. The van der Waals surface area contributed by atoms with Crippen LogP contribution >= 0.6 is 12.6 Å². The number of benzene rings is 1. The number of thiol groups is 1. The van der Waals surface area contributed by atoms with Gasteiger partial charge in [-0.25, -0.2) is 4.39 Å². The van der Waals surface area contributed by atoms with Crippen LogP contribution < -0.4 is 5.32 Å². The first-order chi connectivity index (χ1) is 6.29. The fraction of sp³-hybridized carbons (Fsp3) is 0.400. The first kappa shape index (κ1) is 10.5. The number of hydrogen-bond donors (Lipinski definition) is 2. The highest BCUT2D eigenvalue weighted by Gasteiger charge is 2.11. The Morgan fingerprint density at radius 2 is 2.15 bits per heavy atom. The predicted molar refractivity (Wildman–Crippen MR) is 56.7 cm³/mol. The molecule has 0 radical (unpaired) electrons. The van der Waals surface area contributed by atoms with Crippen LogP contribution in [0.3, 0.4) is 0 Å². The van der Waals surface area contributed by atoms with Crippen molar-refractivity contribution >= 4 is 12.6 Å². The van der Waals surface area contributed by atoms with Gasteiger partial charge in [-0.15, -0.1) is 0 Å². The second-order valence-electron chi connectivity index (χ2n) is 2.88. The molecular formula is C10H14FNS. The zero-order chi connectivity index (χ0) is 9.68. The molecule has 0 amide bonds. The minimum Gasteiger partial charge on any atom is -0.313 e. The minimum absolute atomic E-state index is 0.0682. The predicted octanol–water partition coefficient (Wildman–Crippen LogP) is 2.41. The van der Waals surface area contributed by atoms with Gasteiger partial charge < -0.3 is 5.32 Å². The second-order valence-corrected chi connectivity index (χ2v) is 3.32. The van der Waals surface area contributed by atoms with Crippen molar-refractivity contribution in [1.29, 1.82) is 0 Å². The van der Waals surface area contributed by atoms with Crippen LogP contribution in [0.25, 0.3) is 0 Å². The Labute approximate surface area is 83.8 Å². The molecule has 1 nitrogen and oxygen atoms in total. The number of halogens is 1. The molecular weight excluding hydrogens is 185 g/mol. The van der Waals surface area contributed by atoms with Gasteiger partial charge in [-0.05, 0) is 25.3 Å². The van der Waals surface area contributed by atoms with Gasteiger partial charge in [0.15, 0.2) is 0 Å². The van der Waals surface area contributed by atoms with E-state index in [1.807, 2.05) is 13.1 Å². The Hall–Kier alpha value is -0.540. The maximum Gasteiger partial charge on any atom is 0.127 e. The van der Waals surface area contributed by atoms with Crippen molar-refractivity contribution in [1.82, 2.24) is 5.32 Å². The quantitative estimate of drug-likeness (QED) is 0.710. The number of rotatable bonds is 4. The standard InChI is InChI=1S/C10H14FNS/c1-12-10(6-7-13)8-4-2-3-5-9(8)11/h2-5,10,12-13H,6-7H2,1H3. The Bertz CT molecular complexity index is 265. The average Bonchev–Trinajstić information content (AvgIpc) is 2.16. The molecule has 1 aromatic rings. The second kappa shape index (κ2) is 5.25. The first-order valence-electron chi connectivity index (χ1n) is 4.32. The zero-order valence-electron chi connectivity index (χ0n) is 7.63. The van der Waals surface area contributed by atoms with Crippen LogP contribution in [-0.2, 0) is 0 Å². The number of nitrogens with one attached hydrogen (secondary N) is 1. The summed E-state index contributed by atoms with van der Waals surface area (Å²) >= 11 is 4.14. The van der Waals surface area contributed by atoms with E-state index < -0.39 is 0 Å². The van der Waals surface area contributed by atoms with Gasteiger partial charge >= 0.3 is 0 Å². The molecule has 1 atom stereocenters. The van der Waals surface area contributed by atoms with Gasteiger partial charge in [0.25, 0.3) is 0 Å². The molecule has 72 valence electrons. The molecule has 0 aliphatic rings. The van der Waals surface area contributed by atoms with Gasteiger partial charge in [0.2, 0.25) is 0 Å². The fourth-order valence-corrected chi connectivity index (χ4v) is 1.60. The molecule has 0 heterocycles. The Morgan fingerprint density at radius 1 is 1.46 bits per heavy atom. The molecule has 0 spiro atoms. The average molecular weight is 199 g/mol. The summed E-state index contributed by atoms with van der Waals surface area (Å²) in [5.74, 6) is 0.600. The van der Waals surface area contributed by atoms with Crippen molar-refractivity contribution in [3.63, 3.8) is 0 Å². The highest BCUT2D eigenvalue weighted by molar-refractivity contribution is 7.80. The van der Waals surface area contributed by atoms with E-state index in [1.165, 1.54) is 6.07 Å². The van der Waals surface area contributed by atoms with Crippen LogP contribution in [0.15, 0.2) is 24.3 Å². The molecule has 0 aliphatic carbocycles. The Kier molecular flexibility index (Phi) is 4.25. The SMILES string of the molecule is CNC(CCS)c1ccccc1F. The smallest absolute Gasteiger partial charge is 0.127 e.